The van der Waals surface area contributed by atoms with Gasteiger partial charge >= 0.3 is 0 Å². The minimum atomic E-state index is -0.344. The van der Waals surface area contributed by atoms with Crippen molar-refractivity contribution in [2.45, 2.75) is 32.4 Å². The van der Waals surface area contributed by atoms with E-state index in [1.807, 2.05) is 38.1 Å². The molecule has 0 radical (unpaired) electrons. The molecule has 27 heavy (non-hydrogen) atoms. The Labute approximate surface area is 167 Å². The molecule has 6 nitrogen and oxygen atoms in total. The summed E-state index contributed by atoms with van der Waals surface area (Å²) in [5.74, 6) is 0.821. The molecule has 0 fully saturated rings. The van der Waals surface area contributed by atoms with E-state index in [0.29, 0.717) is 17.7 Å². The number of nitro groups is 1. The van der Waals surface area contributed by atoms with E-state index in [1.165, 1.54) is 6.07 Å². The minimum absolute atomic E-state index is 0.0191. The molecule has 0 aliphatic carbocycles. The van der Waals surface area contributed by atoms with E-state index in [-0.39, 0.29) is 35.2 Å². The molecule has 0 amide bonds. The first-order chi connectivity index (χ1) is 12.9. The molecule has 0 spiro atoms. The van der Waals surface area contributed by atoms with Gasteiger partial charge in [0.2, 0.25) is 0 Å². The van der Waals surface area contributed by atoms with Gasteiger partial charge in [0.05, 0.1) is 24.7 Å². The Hall–Kier alpha value is -1.96. The zero-order valence-corrected chi connectivity index (χ0v) is 17.3. The second-order valence-electron chi connectivity index (χ2n) is 6.64. The number of methoxy groups -OCH3 is 1. The smallest absolute Gasteiger partial charge is 0.272 e. The first-order valence-corrected chi connectivity index (χ1v) is 9.59. The van der Waals surface area contributed by atoms with Crippen molar-refractivity contribution in [1.29, 1.82) is 0 Å². The highest BCUT2D eigenvalue weighted by Gasteiger charge is 2.23. The number of nitrogens with one attached hydrogen (secondary N) is 1. The molecule has 0 saturated carbocycles. The Bertz CT molecular complexity index is 784. The van der Waals surface area contributed by atoms with E-state index in [2.05, 4.69) is 21.2 Å². The number of benzene rings is 2. The minimum Gasteiger partial charge on any atom is -0.496 e. The zero-order chi connectivity index (χ0) is 20.0. The lowest BCUT2D eigenvalue weighted by atomic mass is 9.93. The largest absolute Gasteiger partial charge is 0.496 e. The average molecular weight is 437 g/mol. The van der Waals surface area contributed by atoms with Gasteiger partial charge in [-0.05, 0) is 37.5 Å². The molecule has 0 aliphatic heterocycles. The second-order valence-corrected chi connectivity index (χ2v) is 7.56. The number of nitro benzene ring substituents is 1. The molecule has 0 aliphatic rings. The Morgan fingerprint density at radius 1 is 1.26 bits per heavy atom. The van der Waals surface area contributed by atoms with Crippen molar-refractivity contribution in [2.24, 2.45) is 5.92 Å². The summed E-state index contributed by atoms with van der Waals surface area (Å²) >= 11 is 3.46. The number of hydrogen-bond acceptors (Lipinski definition) is 5. The van der Waals surface area contributed by atoms with Gasteiger partial charge in [-0.3, -0.25) is 10.1 Å². The number of aliphatic hydroxyl groups is 1. The van der Waals surface area contributed by atoms with Crippen molar-refractivity contribution < 1.29 is 14.8 Å². The van der Waals surface area contributed by atoms with Crippen LogP contribution < -0.4 is 10.1 Å². The number of aliphatic hydroxyl groups excluding tert-OH is 1. The molecule has 2 aromatic carbocycles. The number of halogens is 1. The van der Waals surface area contributed by atoms with Crippen LogP contribution in [-0.4, -0.2) is 29.8 Å². The molecular weight excluding hydrogens is 412 g/mol. The molecule has 0 heterocycles. The third kappa shape index (κ3) is 5.51. The topological polar surface area (TPSA) is 84.6 Å². The normalized spacial score (nSPS) is 14.4. The summed E-state index contributed by atoms with van der Waals surface area (Å²) in [5, 5.41) is 24.6. The number of ether oxygens (including phenoxy) is 1. The van der Waals surface area contributed by atoms with Crippen LogP contribution in [0, 0.1) is 16.0 Å². The summed E-state index contributed by atoms with van der Waals surface area (Å²) in [6, 6.07) is 12.2. The lowest BCUT2D eigenvalue weighted by Crippen LogP contribution is -2.38. The van der Waals surface area contributed by atoms with Crippen molar-refractivity contribution >= 4 is 21.6 Å². The van der Waals surface area contributed by atoms with Crippen LogP contribution in [-0.2, 0) is 6.42 Å². The van der Waals surface area contributed by atoms with Crippen LogP contribution in [0.15, 0.2) is 46.9 Å². The van der Waals surface area contributed by atoms with Gasteiger partial charge in [-0.1, -0.05) is 41.1 Å². The van der Waals surface area contributed by atoms with Gasteiger partial charge in [0.1, 0.15) is 5.75 Å². The summed E-state index contributed by atoms with van der Waals surface area (Å²) in [6.45, 7) is 3.98. The third-order valence-corrected chi connectivity index (χ3v) is 5.29. The first-order valence-electron chi connectivity index (χ1n) is 8.80. The molecule has 0 saturated heterocycles. The Morgan fingerprint density at radius 2 is 1.96 bits per heavy atom. The summed E-state index contributed by atoms with van der Waals surface area (Å²) < 4.78 is 6.32. The maximum atomic E-state index is 11.2. The molecule has 0 bridgehead atoms. The Balaban J connectivity index is 2.14. The fraction of sp³-hybridized carbons (Fsp3) is 0.400. The molecule has 2 aromatic rings. The van der Waals surface area contributed by atoms with Crippen molar-refractivity contribution in [1.82, 2.24) is 5.32 Å². The van der Waals surface area contributed by atoms with Gasteiger partial charge in [-0.25, -0.2) is 0 Å². The highest BCUT2D eigenvalue weighted by atomic mass is 79.9. The second kappa shape index (κ2) is 9.82. The van der Waals surface area contributed by atoms with Gasteiger partial charge in [0.25, 0.3) is 5.69 Å². The Kier molecular flexibility index (Phi) is 7.77. The van der Waals surface area contributed by atoms with E-state index < -0.39 is 0 Å². The zero-order valence-electron chi connectivity index (χ0n) is 15.7. The van der Waals surface area contributed by atoms with E-state index in [1.54, 1.807) is 19.2 Å². The van der Waals surface area contributed by atoms with E-state index >= 15 is 0 Å². The number of rotatable bonds is 9. The summed E-state index contributed by atoms with van der Waals surface area (Å²) in [7, 11) is 1.60. The number of hydrogen-bond donors (Lipinski definition) is 2. The quantitative estimate of drug-likeness (QED) is 0.453. The molecule has 146 valence electrons. The van der Waals surface area contributed by atoms with Crippen LogP contribution in [0.2, 0.25) is 0 Å². The van der Waals surface area contributed by atoms with Gasteiger partial charge in [-0.2, -0.15) is 0 Å². The van der Waals surface area contributed by atoms with Crippen LogP contribution >= 0.6 is 15.9 Å². The molecule has 2 N–H and O–H groups in total. The fourth-order valence-electron chi connectivity index (χ4n) is 3.09. The Morgan fingerprint density at radius 3 is 2.59 bits per heavy atom. The van der Waals surface area contributed by atoms with Crippen LogP contribution in [0.1, 0.15) is 31.0 Å². The summed E-state index contributed by atoms with van der Waals surface area (Å²) in [5.41, 5.74) is 1.72. The highest BCUT2D eigenvalue weighted by Crippen LogP contribution is 2.30. The molecule has 3 atom stereocenters. The molecule has 7 heteroatoms. The average Bonchev–Trinajstić information content (AvgIpc) is 2.66. The predicted molar refractivity (Wildman–Crippen MR) is 109 cm³/mol. The molecule has 2 rings (SSSR count). The van der Waals surface area contributed by atoms with Crippen molar-refractivity contribution in [3.8, 4) is 5.75 Å². The maximum Gasteiger partial charge on any atom is 0.272 e. The highest BCUT2D eigenvalue weighted by molar-refractivity contribution is 9.10. The van der Waals surface area contributed by atoms with Gasteiger partial charge < -0.3 is 15.2 Å². The van der Waals surface area contributed by atoms with Crippen molar-refractivity contribution in [2.75, 3.05) is 13.7 Å². The first kappa shape index (κ1) is 21.3. The summed E-state index contributed by atoms with van der Waals surface area (Å²) in [4.78, 5) is 10.9. The fourth-order valence-corrected chi connectivity index (χ4v) is 3.46. The number of nitrogens with zero attached hydrogens (tertiary/aromatic N) is 1. The third-order valence-electron chi connectivity index (χ3n) is 4.80. The van der Waals surface area contributed by atoms with E-state index in [0.717, 1.165) is 10.0 Å². The molecular formula is C20H25BrN2O4. The number of para-hydroxylation sites is 1. The molecule has 0 unspecified atom stereocenters. The van der Waals surface area contributed by atoms with Crippen molar-refractivity contribution in [3.05, 3.63) is 68.2 Å². The van der Waals surface area contributed by atoms with E-state index in [9.17, 15) is 15.2 Å². The maximum absolute atomic E-state index is 11.2. The predicted octanol–water partition coefficient (Wildman–Crippen LogP) is 4.26. The van der Waals surface area contributed by atoms with Crippen molar-refractivity contribution in [3.63, 3.8) is 0 Å². The SMILES string of the molecule is COc1ccc(Br)cc1[C@H](CO)N[C@@H](C)[C@@H](C)Cc1ccccc1[N+](=O)[O-]. The summed E-state index contributed by atoms with van der Waals surface area (Å²) in [6.07, 6.45) is 0.569. The lowest BCUT2D eigenvalue weighted by Gasteiger charge is -2.27. The van der Waals surface area contributed by atoms with Crippen LogP contribution in [0.4, 0.5) is 5.69 Å². The van der Waals surface area contributed by atoms with Crippen LogP contribution in [0.5, 0.6) is 5.75 Å². The van der Waals surface area contributed by atoms with Gasteiger partial charge in [-0.15, -0.1) is 0 Å². The van der Waals surface area contributed by atoms with Crippen LogP contribution in [0.3, 0.4) is 0 Å². The lowest BCUT2D eigenvalue weighted by molar-refractivity contribution is -0.385. The standard InChI is InChI=1S/C20H25BrN2O4/c1-13(10-15-6-4-5-7-19(15)23(25)26)14(2)22-18(12-24)17-11-16(21)8-9-20(17)27-3/h4-9,11,13-14,18,22,24H,10,12H2,1-3H3/t13-,14-,18-/m0/s1. The van der Waals surface area contributed by atoms with Gasteiger partial charge in [0.15, 0.2) is 0 Å². The molecule has 0 aromatic heterocycles. The monoisotopic (exact) mass is 436 g/mol. The van der Waals surface area contributed by atoms with E-state index in [4.69, 9.17) is 4.74 Å². The van der Waals surface area contributed by atoms with Crippen LogP contribution in [0.25, 0.3) is 0 Å². The van der Waals surface area contributed by atoms with Gasteiger partial charge in [0, 0.05) is 27.7 Å².